The third-order valence-corrected chi connectivity index (χ3v) is 4.15. The number of halogens is 1. The number of hydrogen-bond acceptors (Lipinski definition) is 4. The first-order valence-electron chi connectivity index (χ1n) is 9.16. The molecule has 0 aliphatic heterocycles. The molecule has 27 heavy (non-hydrogen) atoms. The number of rotatable bonds is 7. The number of aromatic nitrogens is 1. The van der Waals surface area contributed by atoms with Gasteiger partial charge in [-0.2, -0.15) is 0 Å². The summed E-state index contributed by atoms with van der Waals surface area (Å²) in [6.45, 7) is 8.18. The summed E-state index contributed by atoms with van der Waals surface area (Å²) >= 11 is 0. The lowest BCUT2D eigenvalue weighted by atomic mass is 9.94. The van der Waals surface area contributed by atoms with E-state index < -0.39 is 0 Å². The molecular formula is C20H30FN5O. The lowest BCUT2D eigenvalue weighted by Crippen LogP contribution is -2.38. The minimum Gasteiger partial charge on any atom is -0.443 e. The minimum absolute atomic E-state index is 0.0601. The summed E-state index contributed by atoms with van der Waals surface area (Å²) in [7, 11) is 3.61. The Kier molecular flexibility index (Phi) is 7.21. The minimum atomic E-state index is -0.203. The standard InChI is InChI=1S/C20H30FN5O/c1-20(2,3)17-13-24-18(27-17)14-25-19(22-4)23-11-8-12-26(5)16-10-7-6-9-15(16)21/h6-7,9-10,13H,8,11-12,14H2,1-5H3,(H2,22,23,25). The summed E-state index contributed by atoms with van der Waals surface area (Å²) in [5, 5.41) is 6.44. The van der Waals surface area contributed by atoms with Gasteiger partial charge in [-0.15, -0.1) is 0 Å². The van der Waals surface area contributed by atoms with Gasteiger partial charge in [-0.1, -0.05) is 32.9 Å². The van der Waals surface area contributed by atoms with Crippen LogP contribution in [0, 0.1) is 5.82 Å². The molecule has 2 rings (SSSR count). The highest BCUT2D eigenvalue weighted by atomic mass is 19.1. The summed E-state index contributed by atoms with van der Waals surface area (Å²) in [5.41, 5.74) is 0.550. The van der Waals surface area contributed by atoms with Crippen molar-refractivity contribution in [1.82, 2.24) is 15.6 Å². The quantitative estimate of drug-likeness (QED) is 0.442. The number of anilines is 1. The molecule has 0 spiro atoms. The Balaban J connectivity index is 1.73. The molecule has 0 saturated heterocycles. The van der Waals surface area contributed by atoms with E-state index in [1.807, 2.05) is 18.0 Å². The second-order valence-electron chi connectivity index (χ2n) is 7.45. The molecule has 0 radical (unpaired) electrons. The van der Waals surface area contributed by atoms with Gasteiger partial charge in [0.1, 0.15) is 11.6 Å². The summed E-state index contributed by atoms with van der Waals surface area (Å²) < 4.78 is 19.5. The van der Waals surface area contributed by atoms with Gasteiger partial charge in [0.15, 0.2) is 5.96 Å². The van der Waals surface area contributed by atoms with Crippen LogP contribution in [0.25, 0.3) is 0 Å². The molecule has 1 aromatic carbocycles. The molecule has 1 heterocycles. The maximum absolute atomic E-state index is 13.8. The maximum atomic E-state index is 13.8. The van der Waals surface area contributed by atoms with Crippen LogP contribution in [0.4, 0.5) is 10.1 Å². The van der Waals surface area contributed by atoms with E-state index in [1.54, 1.807) is 25.4 Å². The summed E-state index contributed by atoms with van der Waals surface area (Å²) in [6, 6.07) is 6.80. The number of benzene rings is 1. The lowest BCUT2D eigenvalue weighted by molar-refractivity contribution is 0.379. The Bertz CT molecular complexity index is 751. The van der Waals surface area contributed by atoms with Crippen LogP contribution in [0.3, 0.4) is 0 Å². The van der Waals surface area contributed by atoms with Crippen LogP contribution in [0.15, 0.2) is 39.9 Å². The van der Waals surface area contributed by atoms with Crippen LogP contribution in [-0.4, -0.2) is 38.1 Å². The molecule has 6 nitrogen and oxygen atoms in total. The van der Waals surface area contributed by atoms with Crippen molar-refractivity contribution in [2.45, 2.75) is 39.2 Å². The molecule has 0 bridgehead atoms. The Morgan fingerprint density at radius 3 is 2.63 bits per heavy atom. The molecule has 148 valence electrons. The topological polar surface area (TPSA) is 65.7 Å². The highest BCUT2D eigenvalue weighted by molar-refractivity contribution is 5.79. The zero-order valence-corrected chi connectivity index (χ0v) is 16.8. The van der Waals surface area contributed by atoms with Gasteiger partial charge in [0.05, 0.1) is 18.4 Å². The molecule has 7 heteroatoms. The average Bonchev–Trinajstić information content (AvgIpc) is 3.11. The second-order valence-corrected chi connectivity index (χ2v) is 7.45. The van der Waals surface area contributed by atoms with Crippen molar-refractivity contribution >= 4 is 11.6 Å². The van der Waals surface area contributed by atoms with Crippen molar-refractivity contribution in [3.8, 4) is 0 Å². The number of aliphatic imine (C=N–C) groups is 1. The van der Waals surface area contributed by atoms with E-state index in [2.05, 4.69) is 41.4 Å². The molecule has 0 amide bonds. The highest BCUT2D eigenvalue weighted by Crippen LogP contribution is 2.22. The summed E-state index contributed by atoms with van der Waals surface area (Å²) in [6.07, 6.45) is 2.62. The van der Waals surface area contributed by atoms with Crippen molar-refractivity contribution < 1.29 is 8.81 Å². The first-order chi connectivity index (χ1) is 12.8. The second kappa shape index (κ2) is 9.39. The van der Waals surface area contributed by atoms with Crippen LogP contribution in [-0.2, 0) is 12.0 Å². The number of guanidine groups is 1. The molecule has 2 aromatic rings. The Morgan fingerprint density at radius 2 is 2.00 bits per heavy atom. The van der Waals surface area contributed by atoms with Crippen LogP contribution in [0.2, 0.25) is 0 Å². The van der Waals surface area contributed by atoms with E-state index in [-0.39, 0.29) is 11.2 Å². The van der Waals surface area contributed by atoms with E-state index in [4.69, 9.17) is 4.42 Å². The smallest absolute Gasteiger partial charge is 0.213 e. The third kappa shape index (κ3) is 6.27. The normalized spacial score (nSPS) is 12.1. The lowest BCUT2D eigenvalue weighted by Gasteiger charge is -2.20. The number of nitrogens with one attached hydrogen (secondary N) is 2. The van der Waals surface area contributed by atoms with Crippen molar-refractivity contribution in [2.24, 2.45) is 4.99 Å². The molecule has 0 fully saturated rings. The Hall–Kier alpha value is -2.57. The zero-order chi connectivity index (χ0) is 19.9. The van der Waals surface area contributed by atoms with Gasteiger partial charge in [-0.25, -0.2) is 9.37 Å². The molecule has 1 aromatic heterocycles. The van der Waals surface area contributed by atoms with Crippen LogP contribution >= 0.6 is 0 Å². The molecule has 0 aliphatic rings. The predicted octanol–water partition coefficient (Wildman–Crippen LogP) is 3.30. The molecule has 0 atom stereocenters. The van der Waals surface area contributed by atoms with Crippen molar-refractivity contribution in [2.75, 3.05) is 32.1 Å². The predicted molar refractivity (Wildman–Crippen MR) is 108 cm³/mol. The first-order valence-corrected chi connectivity index (χ1v) is 9.16. The van der Waals surface area contributed by atoms with Gasteiger partial charge in [0, 0.05) is 32.6 Å². The zero-order valence-electron chi connectivity index (χ0n) is 16.8. The van der Waals surface area contributed by atoms with Crippen LogP contribution in [0.1, 0.15) is 38.8 Å². The van der Waals surface area contributed by atoms with Crippen molar-refractivity contribution in [1.29, 1.82) is 0 Å². The van der Waals surface area contributed by atoms with Crippen molar-refractivity contribution in [3.05, 3.63) is 47.9 Å². The number of hydrogen-bond donors (Lipinski definition) is 2. The number of nitrogens with zero attached hydrogens (tertiary/aromatic N) is 3. The summed E-state index contributed by atoms with van der Waals surface area (Å²) in [4.78, 5) is 10.4. The van der Waals surface area contributed by atoms with E-state index in [0.29, 0.717) is 24.1 Å². The van der Waals surface area contributed by atoms with E-state index >= 15 is 0 Å². The van der Waals surface area contributed by atoms with E-state index in [1.165, 1.54) is 6.07 Å². The van der Waals surface area contributed by atoms with Gasteiger partial charge in [0.2, 0.25) is 5.89 Å². The van der Waals surface area contributed by atoms with Gasteiger partial charge in [-0.05, 0) is 18.6 Å². The number of para-hydroxylation sites is 1. The Morgan fingerprint density at radius 1 is 1.26 bits per heavy atom. The molecule has 0 aliphatic carbocycles. The monoisotopic (exact) mass is 375 g/mol. The van der Waals surface area contributed by atoms with E-state index in [0.717, 1.165) is 25.3 Å². The fourth-order valence-electron chi connectivity index (χ4n) is 2.52. The van der Waals surface area contributed by atoms with Crippen LogP contribution < -0.4 is 15.5 Å². The van der Waals surface area contributed by atoms with Gasteiger partial charge < -0.3 is 20.0 Å². The largest absolute Gasteiger partial charge is 0.443 e. The first kappa shape index (κ1) is 20.7. The van der Waals surface area contributed by atoms with Gasteiger partial charge in [-0.3, -0.25) is 4.99 Å². The van der Waals surface area contributed by atoms with Gasteiger partial charge >= 0.3 is 0 Å². The molecule has 0 unspecified atom stereocenters. The molecular weight excluding hydrogens is 345 g/mol. The molecule has 0 saturated carbocycles. The Labute approximate surface area is 160 Å². The highest BCUT2D eigenvalue weighted by Gasteiger charge is 2.19. The third-order valence-electron chi connectivity index (χ3n) is 4.15. The SMILES string of the molecule is CN=C(NCCCN(C)c1ccccc1F)NCc1ncc(C(C)(C)C)o1. The fraction of sp³-hybridized carbons (Fsp3) is 0.500. The van der Waals surface area contributed by atoms with Gasteiger partial charge in [0.25, 0.3) is 0 Å². The van der Waals surface area contributed by atoms with E-state index in [9.17, 15) is 4.39 Å². The summed E-state index contributed by atoms with van der Waals surface area (Å²) in [5.74, 6) is 1.96. The number of oxazole rings is 1. The molecule has 2 N–H and O–H groups in total. The van der Waals surface area contributed by atoms with Crippen molar-refractivity contribution in [3.63, 3.8) is 0 Å². The maximum Gasteiger partial charge on any atom is 0.213 e. The fourth-order valence-corrected chi connectivity index (χ4v) is 2.52. The average molecular weight is 375 g/mol. The van der Waals surface area contributed by atoms with Crippen LogP contribution in [0.5, 0.6) is 0 Å².